The third kappa shape index (κ3) is 1.94. The molecule has 0 atom stereocenters. The van der Waals surface area contributed by atoms with Crippen LogP contribution in [0.2, 0.25) is 5.02 Å². The summed E-state index contributed by atoms with van der Waals surface area (Å²) in [5, 5.41) is 0.578. The molecule has 0 N–H and O–H groups in total. The van der Waals surface area contributed by atoms with Crippen molar-refractivity contribution < 1.29 is 14.3 Å². The number of carbonyl (C=O) groups excluding carboxylic acids is 2. The van der Waals surface area contributed by atoms with E-state index in [2.05, 4.69) is 0 Å². The molecular formula is C11H10ClNO3. The topological polar surface area (TPSA) is 46.6 Å². The van der Waals surface area contributed by atoms with E-state index >= 15 is 0 Å². The van der Waals surface area contributed by atoms with Gasteiger partial charge in [-0.3, -0.25) is 9.59 Å². The molecule has 0 aliphatic carbocycles. The molecule has 0 aromatic heterocycles. The third-order valence-electron chi connectivity index (χ3n) is 2.35. The molecule has 1 heterocycles. The number of ether oxygens (including phenoxy) is 1. The van der Waals surface area contributed by atoms with Crippen molar-refractivity contribution in [2.75, 3.05) is 18.1 Å². The molecule has 0 radical (unpaired) electrons. The molecule has 5 heteroatoms. The predicted octanol–water partition coefficient (Wildman–Crippen LogP) is 1.54. The van der Waals surface area contributed by atoms with E-state index in [1.807, 2.05) is 0 Å². The molecular weight excluding hydrogens is 230 g/mol. The summed E-state index contributed by atoms with van der Waals surface area (Å²) in [4.78, 5) is 24.3. The van der Waals surface area contributed by atoms with E-state index in [1.54, 1.807) is 25.1 Å². The van der Waals surface area contributed by atoms with Gasteiger partial charge in [-0.25, -0.2) is 4.90 Å². The smallest absolute Gasteiger partial charge is 0.259 e. The van der Waals surface area contributed by atoms with Crippen molar-refractivity contribution in [1.82, 2.24) is 0 Å². The van der Waals surface area contributed by atoms with Gasteiger partial charge < -0.3 is 4.74 Å². The first kappa shape index (κ1) is 11.1. The van der Waals surface area contributed by atoms with E-state index in [0.29, 0.717) is 10.7 Å². The Morgan fingerprint density at radius 1 is 1.25 bits per heavy atom. The predicted molar refractivity (Wildman–Crippen MR) is 59.5 cm³/mol. The molecule has 0 bridgehead atoms. The Balaban J connectivity index is 2.42. The van der Waals surface area contributed by atoms with Gasteiger partial charge in [0.2, 0.25) is 0 Å². The summed E-state index contributed by atoms with van der Waals surface area (Å²) in [7, 11) is 0. The summed E-state index contributed by atoms with van der Waals surface area (Å²) < 4.78 is 4.84. The van der Waals surface area contributed by atoms with Gasteiger partial charge in [-0.15, -0.1) is 0 Å². The third-order valence-corrected chi connectivity index (χ3v) is 2.58. The Morgan fingerprint density at radius 3 is 2.44 bits per heavy atom. The molecule has 0 saturated carbocycles. The first-order valence-electron chi connectivity index (χ1n) is 4.79. The Hall–Kier alpha value is -1.39. The lowest BCUT2D eigenvalue weighted by Gasteiger charge is -2.26. The largest absolute Gasteiger partial charge is 0.362 e. The van der Waals surface area contributed by atoms with Crippen molar-refractivity contribution in [1.29, 1.82) is 0 Å². The fourth-order valence-corrected chi connectivity index (χ4v) is 1.86. The van der Waals surface area contributed by atoms with Crippen LogP contribution in [0.4, 0.5) is 5.69 Å². The van der Waals surface area contributed by atoms with Crippen LogP contribution in [0.15, 0.2) is 18.2 Å². The standard InChI is InChI=1S/C11H10ClNO3/c1-7-4-8(12)2-3-9(7)13-10(14)5-16-6-11(13)15/h2-4H,5-6H2,1H3. The number of rotatable bonds is 1. The second-order valence-corrected chi connectivity index (χ2v) is 3.98. The summed E-state index contributed by atoms with van der Waals surface area (Å²) in [5.74, 6) is -0.691. The van der Waals surface area contributed by atoms with Crippen molar-refractivity contribution >= 4 is 29.1 Å². The number of aryl methyl sites for hydroxylation is 1. The van der Waals surface area contributed by atoms with E-state index in [4.69, 9.17) is 16.3 Å². The van der Waals surface area contributed by atoms with Crippen molar-refractivity contribution in [3.63, 3.8) is 0 Å². The maximum absolute atomic E-state index is 11.6. The number of imide groups is 1. The molecule has 1 aliphatic heterocycles. The van der Waals surface area contributed by atoms with E-state index in [9.17, 15) is 9.59 Å². The highest BCUT2D eigenvalue weighted by Crippen LogP contribution is 2.25. The van der Waals surface area contributed by atoms with Gasteiger partial charge in [-0.2, -0.15) is 0 Å². The number of amides is 2. The molecule has 1 aliphatic rings. The first-order chi connectivity index (χ1) is 7.59. The van der Waals surface area contributed by atoms with Crippen LogP contribution >= 0.6 is 11.6 Å². The summed E-state index contributed by atoms with van der Waals surface area (Å²) in [6.07, 6.45) is 0. The Labute approximate surface area is 97.7 Å². The van der Waals surface area contributed by atoms with Crippen molar-refractivity contribution in [3.8, 4) is 0 Å². The van der Waals surface area contributed by atoms with Gasteiger partial charge >= 0.3 is 0 Å². The second kappa shape index (κ2) is 4.23. The van der Waals surface area contributed by atoms with Crippen LogP contribution in [0.5, 0.6) is 0 Å². The Bertz CT molecular complexity index is 443. The van der Waals surface area contributed by atoms with Crippen molar-refractivity contribution in [2.45, 2.75) is 6.92 Å². The van der Waals surface area contributed by atoms with Gasteiger partial charge in [0.1, 0.15) is 13.2 Å². The Morgan fingerprint density at radius 2 is 1.88 bits per heavy atom. The van der Waals surface area contributed by atoms with E-state index < -0.39 is 0 Å². The molecule has 16 heavy (non-hydrogen) atoms. The molecule has 0 unspecified atom stereocenters. The molecule has 1 saturated heterocycles. The average Bonchev–Trinajstić information content (AvgIpc) is 2.20. The lowest BCUT2D eigenvalue weighted by Crippen LogP contribution is -2.46. The first-order valence-corrected chi connectivity index (χ1v) is 5.17. The minimum Gasteiger partial charge on any atom is -0.362 e. The normalized spacial score (nSPS) is 16.8. The fourth-order valence-electron chi connectivity index (χ4n) is 1.63. The van der Waals surface area contributed by atoms with E-state index in [-0.39, 0.29) is 25.0 Å². The quantitative estimate of drug-likeness (QED) is 0.699. The van der Waals surface area contributed by atoms with Gasteiger partial charge in [-0.05, 0) is 30.7 Å². The molecule has 84 valence electrons. The SMILES string of the molecule is Cc1cc(Cl)ccc1N1C(=O)COCC1=O. The lowest BCUT2D eigenvalue weighted by atomic mass is 10.1. The molecule has 1 fully saturated rings. The second-order valence-electron chi connectivity index (χ2n) is 3.55. The van der Waals surface area contributed by atoms with Gasteiger partial charge in [-0.1, -0.05) is 11.6 Å². The summed E-state index contributed by atoms with van der Waals surface area (Å²) in [6.45, 7) is 1.68. The number of halogens is 1. The fraction of sp³-hybridized carbons (Fsp3) is 0.273. The van der Waals surface area contributed by atoms with Crippen molar-refractivity contribution in [2.24, 2.45) is 0 Å². The highest BCUT2D eigenvalue weighted by atomic mass is 35.5. The lowest BCUT2D eigenvalue weighted by molar-refractivity contribution is -0.138. The number of morpholine rings is 1. The van der Waals surface area contributed by atoms with Crippen LogP contribution in [0.3, 0.4) is 0 Å². The number of benzene rings is 1. The highest BCUT2D eigenvalue weighted by molar-refractivity contribution is 6.30. The highest BCUT2D eigenvalue weighted by Gasteiger charge is 2.28. The summed E-state index contributed by atoms with van der Waals surface area (Å²) in [5.41, 5.74) is 1.36. The van der Waals surface area contributed by atoms with Crippen LogP contribution in [-0.2, 0) is 14.3 Å². The molecule has 4 nitrogen and oxygen atoms in total. The van der Waals surface area contributed by atoms with Crippen LogP contribution in [0, 0.1) is 6.92 Å². The molecule has 0 spiro atoms. The van der Waals surface area contributed by atoms with E-state index in [0.717, 1.165) is 10.5 Å². The minimum absolute atomic E-state index is 0.0617. The zero-order valence-corrected chi connectivity index (χ0v) is 9.45. The van der Waals surface area contributed by atoms with Gasteiger partial charge in [0.05, 0.1) is 5.69 Å². The number of anilines is 1. The van der Waals surface area contributed by atoms with Crippen molar-refractivity contribution in [3.05, 3.63) is 28.8 Å². The molecule has 2 amide bonds. The van der Waals surface area contributed by atoms with Crippen LogP contribution in [-0.4, -0.2) is 25.0 Å². The average molecular weight is 240 g/mol. The molecule has 2 rings (SSSR count). The number of carbonyl (C=O) groups is 2. The minimum atomic E-state index is -0.346. The summed E-state index contributed by atoms with van der Waals surface area (Å²) in [6, 6.07) is 5.03. The maximum atomic E-state index is 11.6. The maximum Gasteiger partial charge on any atom is 0.259 e. The Kier molecular flexibility index (Phi) is 2.94. The zero-order chi connectivity index (χ0) is 11.7. The zero-order valence-electron chi connectivity index (χ0n) is 8.70. The van der Waals surface area contributed by atoms with E-state index in [1.165, 1.54) is 0 Å². The number of hydrogen-bond donors (Lipinski definition) is 0. The van der Waals surface area contributed by atoms with Crippen LogP contribution in [0.25, 0.3) is 0 Å². The van der Waals surface area contributed by atoms with Gasteiger partial charge in [0, 0.05) is 5.02 Å². The van der Waals surface area contributed by atoms with Crippen LogP contribution in [0.1, 0.15) is 5.56 Å². The van der Waals surface area contributed by atoms with Crippen LogP contribution < -0.4 is 4.90 Å². The molecule has 1 aromatic carbocycles. The monoisotopic (exact) mass is 239 g/mol. The van der Waals surface area contributed by atoms with Gasteiger partial charge in [0.15, 0.2) is 0 Å². The summed E-state index contributed by atoms with van der Waals surface area (Å²) >= 11 is 5.82. The number of nitrogens with zero attached hydrogens (tertiary/aromatic N) is 1. The van der Waals surface area contributed by atoms with Gasteiger partial charge in [0.25, 0.3) is 11.8 Å². The number of hydrogen-bond acceptors (Lipinski definition) is 3. The molecule has 1 aromatic rings.